The van der Waals surface area contributed by atoms with Crippen LogP contribution in [0.25, 0.3) is 0 Å². The van der Waals surface area contributed by atoms with E-state index in [0.717, 1.165) is 47.3 Å². The summed E-state index contributed by atoms with van der Waals surface area (Å²) in [6, 6.07) is 5.64. The van der Waals surface area contributed by atoms with Gasteiger partial charge in [-0.15, -0.1) is 0 Å². The van der Waals surface area contributed by atoms with Crippen LogP contribution in [0.5, 0.6) is 0 Å². The van der Waals surface area contributed by atoms with Crippen molar-refractivity contribution in [3.05, 3.63) is 71.8 Å². The van der Waals surface area contributed by atoms with E-state index in [2.05, 4.69) is 18.7 Å². The van der Waals surface area contributed by atoms with Crippen LogP contribution >= 0.6 is 0 Å². The minimum atomic E-state index is -1.26. The summed E-state index contributed by atoms with van der Waals surface area (Å²) in [7, 11) is 2.19. The number of aliphatic hydroxyl groups is 1. The van der Waals surface area contributed by atoms with Gasteiger partial charge in [0.2, 0.25) is 5.91 Å². The fourth-order valence-corrected chi connectivity index (χ4v) is 5.82. The molecule has 1 aliphatic heterocycles. The molecule has 10 heteroatoms. The van der Waals surface area contributed by atoms with Gasteiger partial charge in [-0.2, -0.15) is 5.10 Å². The molecule has 1 unspecified atom stereocenters. The van der Waals surface area contributed by atoms with Crippen LogP contribution in [0.2, 0.25) is 0 Å². The van der Waals surface area contributed by atoms with Crippen molar-refractivity contribution >= 4 is 23.6 Å². The second kappa shape index (κ2) is 9.47. The SMILES string of the molecule is C=CC[N+]1(C)CC[C@]23C/C(=N\N)C=C[C@@]2(O)[C@H]1Cc1ccc(C(N)=O)cc13.O=C(O)/C=C/C(=O)O. The Balaban J connectivity index is 0.000000371. The summed E-state index contributed by atoms with van der Waals surface area (Å²) in [5.41, 5.74) is 7.34. The minimum absolute atomic E-state index is 0.00764. The Labute approximate surface area is 203 Å². The number of quaternary nitrogens is 1. The highest BCUT2D eigenvalue weighted by molar-refractivity contribution is 5.98. The van der Waals surface area contributed by atoms with Gasteiger partial charge in [-0.25, -0.2) is 9.59 Å². The molecular formula is C25H31N4O6+. The van der Waals surface area contributed by atoms with E-state index in [1.54, 1.807) is 6.07 Å². The molecule has 4 rings (SSSR count). The fraction of sp³-hybridized carbons (Fsp3) is 0.360. The summed E-state index contributed by atoms with van der Waals surface area (Å²) < 4.78 is 0.734. The van der Waals surface area contributed by atoms with E-state index in [1.165, 1.54) is 0 Å². The summed E-state index contributed by atoms with van der Waals surface area (Å²) in [4.78, 5) is 30.9. The highest BCUT2D eigenvalue weighted by Crippen LogP contribution is 2.57. The van der Waals surface area contributed by atoms with Gasteiger partial charge in [0.25, 0.3) is 0 Å². The number of likely N-dealkylation sites (N-methyl/N-ethyl adjacent to an activating group) is 1. The summed E-state index contributed by atoms with van der Waals surface area (Å²) >= 11 is 0. The Morgan fingerprint density at radius 1 is 1.26 bits per heavy atom. The Hall–Kier alpha value is -3.76. The quantitative estimate of drug-likeness (QED) is 0.135. The van der Waals surface area contributed by atoms with Gasteiger partial charge in [-0.1, -0.05) is 12.6 Å². The van der Waals surface area contributed by atoms with Gasteiger partial charge >= 0.3 is 11.9 Å². The Kier molecular flexibility index (Phi) is 7.00. The lowest BCUT2D eigenvalue weighted by molar-refractivity contribution is -0.942. The lowest BCUT2D eigenvalue weighted by atomic mass is 9.50. The predicted molar refractivity (Wildman–Crippen MR) is 130 cm³/mol. The number of nitrogens with two attached hydrogens (primary N) is 2. The first-order valence-electron chi connectivity index (χ1n) is 11.1. The van der Waals surface area contributed by atoms with Crippen molar-refractivity contribution < 1.29 is 34.2 Å². The summed E-state index contributed by atoms with van der Waals surface area (Å²) in [6.07, 6.45) is 8.82. The van der Waals surface area contributed by atoms with Crippen molar-refractivity contribution in [1.29, 1.82) is 0 Å². The molecule has 1 aromatic rings. The number of amides is 1. The number of carboxylic acids is 2. The van der Waals surface area contributed by atoms with E-state index in [4.69, 9.17) is 21.8 Å². The maximum Gasteiger partial charge on any atom is 0.328 e. The summed E-state index contributed by atoms with van der Waals surface area (Å²) in [6.45, 7) is 5.63. The second-order valence-electron chi connectivity index (χ2n) is 9.43. The number of carbonyl (C=O) groups excluding carboxylic acids is 1. The predicted octanol–water partition coefficient (Wildman–Crippen LogP) is 0.702. The molecular weight excluding hydrogens is 452 g/mol. The average molecular weight is 484 g/mol. The number of rotatable bonds is 5. The maximum absolute atomic E-state index is 12.1. The normalized spacial score (nSPS) is 31.6. The first-order valence-corrected chi connectivity index (χ1v) is 11.1. The number of piperidine rings is 1. The lowest BCUT2D eigenvalue weighted by Gasteiger charge is -2.63. The molecule has 3 aliphatic rings. The molecule has 0 aromatic heterocycles. The number of nitrogens with zero attached hydrogens (tertiary/aromatic N) is 2. The number of benzene rings is 1. The molecule has 0 spiro atoms. The van der Waals surface area contributed by atoms with Crippen molar-refractivity contribution in [3.8, 4) is 0 Å². The zero-order valence-electron chi connectivity index (χ0n) is 19.6. The summed E-state index contributed by atoms with van der Waals surface area (Å²) in [5, 5.41) is 31.6. The number of likely N-dealkylation sites (tertiary alicyclic amines) is 1. The molecule has 1 heterocycles. The number of primary amides is 1. The molecule has 4 atom stereocenters. The van der Waals surface area contributed by atoms with Gasteiger partial charge in [0, 0.05) is 42.4 Å². The first-order chi connectivity index (χ1) is 16.4. The zero-order valence-corrected chi connectivity index (χ0v) is 19.6. The van der Waals surface area contributed by atoms with E-state index >= 15 is 0 Å². The van der Waals surface area contributed by atoms with E-state index in [0.29, 0.717) is 24.1 Å². The number of carbonyl (C=O) groups is 3. The third-order valence-electron chi connectivity index (χ3n) is 7.49. The molecule has 10 nitrogen and oxygen atoms in total. The second-order valence-corrected chi connectivity index (χ2v) is 9.43. The molecule has 1 amide bonds. The van der Waals surface area contributed by atoms with Crippen LogP contribution in [0.1, 0.15) is 34.3 Å². The van der Waals surface area contributed by atoms with Crippen LogP contribution in [0.4, 0.5) is 0 Å². The topological polar surface area (TPSA) is 176 Å². The van der Waals surface area contributed by atoms with E-state index in [-0.39, 0.29) is 6.04 Å². The average Bonchev–Trinajstić information content (AvgIpc) is 2.80. The number of hydrazone groups is 1. The Morgan fingerprint density at radius 2 is 1.91 bits per heavy atom. The number of allylic oxidation sites excluding steroid dienone is 1. The highest BCUT2D eigenvalue weighted by atomic mass is 16.4. The van der Waals surface area contributed by atoms with Gasteiger partial charge < -0.3 is 31.4 Å². The lowest BCUT2D eigenvalue weighted by Crippen LogP contribution is -2.77. The monoisotopic (exact) mass is 483 g/mol. The molecule has 186 valence electrons. The van der Waals surface area contributed by atoms with E-state index < -0.39 is 28.9 Å². The molecule has 2 bridgehead atoms. The molecule has 1 fully saturated rings. The van der Waals surface area contributed by atoms with Crippen molar-refractivity contribution in [1.82, 2.24) is 0 Å². The van der Waals surface area contributed by atoms with Gasteiger partial charge in [0.15, 0.2) is 0 Å². The smallest absolute Gasteiger partial charge is 0.328 e. The van der Waals surface area contributed by atoms with Crippen LogP contribution < -0.4 is 11.6 Å². The number of hydrogen-bond acceptors (Lipinski definition) is 6. The largest absolute Gasteiger partial charge is 0.478 e. The molecule has 1 saturated heterocycles. The molecule has 0 radical (unpaired) electrons. The Morgan fingerprint density at radius 3 is 2.46 bits per heavy atom. The van der Waals surface area contributed by atoms with Crippen LogP contribution in [0, 0.1) is 0 Å². The van der Waals surface area contributed by atoms with Gasteiger partial charge in [0.1, 0.15) is 11.6 Å². The Bertz CT molecular complexity index is 1140. The van der Waals surface area contributed by atoms with E-state index in [1.807, 2.05) is 30.4 Å². The number of fused-ring (bicyclic) bond motifs is 1. The highest BCUT2D eigenvalue weighted by Gasteiger charge is 2.67. The molecule has 7 N–H and O–H groups in total. The summed E-state index contributed by atoms with van der Waals surface area (Å²) in [5.74, 6) is 2.63. The van der Waals surface area contributed by atoms with Crippen molar-refractivity contribution in [2.75, 3.05) is 20.1 Å². The van der Waals surface area contributed by atoms with Crippen molar-refractivity contribution in [3.63, 3.8) is 0 Å². The number of carboxylic acid groups (broad SMARTS) is 2. The molecule has 2 aliphatic carbocycles. The van der Waals surface area contributed by atoms with Crippen LogP contribution in [-0.2, 0) is 21.4 Å². The van der Waals surface area contributed by atoms with Crippen LogP contribution in [0.15, 0.2) is 60.3 Å². The molecule has 35 heavy (non-hydrogen) atoms. The minimum Gasteiger partial charge on any atom is -0.478 e. The maximum atomic E-state index is 12.1. The number of aliphatic carboxylic acids is 2. The third-order valence-corrected chi connectivity index (χ3v) is 7.49. The van der Waals surface area contributed by atoms with Crippen molar-refractivity contribution in [2.24, 2.45) is 16.7 Å². The fourth-order valence-electron chi connectivity index (χ4n) is 5.82. The van der Waals surface area contributed by atoms with Gasteiger partial charge in [-0.05, 0) is 41.5 Å². The number of hydrogen-bond donors (Lipinski definition) is 5. The molecule has 1 aromatic carbocycles. The van der Waals surface area contributed by atoms with E-state index in [9.17, 15) is 19.5 Å². The standard InChI is InChI=1S/C21H26N4O2.C4H4O4/c1-3-9-25(2)10-8-20-13-16(24-23)6-7-21(20,27)18(25)12-14-4-5-15(19(22)26)11-17(14)20;5-3(6)1-2-4(7)8/h3-7,11,18,27H,1,8-10,12-13,23H2,2H3,(H-,22,26);1-2H,(H,5,6)(H,7,8)/p+1/b24-16-;2-1+/t18-,20-,21-,25?;/m1./s1. The zero-order chi connectivity index (χ0) is 26.0. The van der Waals surface area contributed by atoms with Gasteiger partial charge in [-0.3, -0.25) is 4.79 Å². The van der Waals surface area contributed by atoms with Gasteiger partial charge in [0.05, 0.1) is 25.8 Å². The first kappa shape index (κ1) is 25.9. The van der Waals surface area contributed by atoms with Crippen molar-refractivity contribution in [2.45, 2.75) is 36.3 Å². The molecule has 0 saturated carbocycles. The van der Waals surface area contributed by atoms with Crippen LogP contribution in [-0.4, -0.2) is 75.1 Å². The van der Waals surface area contributed by atoms with Crippen LogP contribution in [0.3, 0.4) is 0 Å². The third kappa shape index (κ3) is 4.50.